The number of benzene rings is 1. The molecule has 1 saturated heterocycles. The number of rotatable bonds is 4. The summed E-state index contributed by atoms with van der Waals surface area (Å²) >= 11 is 0. The van der Waals surface area contributed by atoms with Crippen molar-refractivity contribution in [2.24, 2.45) is 0 Å². The number of aromatic nitrogens is 2. The second kappa shape index (κ2) is 7.00. The molecule has 2 heterocycles. The van der Waals surface area contributed by atoms with Crippen LogP contribution in [0.4, 0.5) is 0 Å². The maximum absolute atomic E-state index is 12.6. The summed E-state index contributed by atoms with van der Waals surface area (Å²) in [6, 6.07) is 8.39. The van der Waals surface area contributed by atoms with Gasteiger partial charge in [-0.25, -0.2) is 0 Å². The number of H-pyrrole nitrogens is 1. The molecular formula is C20H27N3O2. The molecule has 1 amide bonds. The van der Waals surface area contributed by atoms with Gasteiger partial charge in [0.2, 0.25) is 0 Å². The second-order valence-electron chi connectivity index (χ2n) is 7.29. The van der Waals surface area contributed by atoms with Gasteiger partial charge in [-0.05, 0) is 44.7 Å². The van der Waals surface area contributed by atoms with Gasteiger partial charge in [-0.3, -0.25) is 9.89 Å². The van der Waals surface area contributed by atoms with Gasteiger partial charge in [-0.1, -0.05) is 24.3 Å². The molecule has 1 fully saturated rings. The number of amides is 1. The van der Waals surface area contributed by atoms with Crippen molar-refractivity contribution in [2.75, 3.05) is 20.2 Å². The molecule has 2 aromatic rings. The van der Waals surface area contributed by atoms with E-state index in [1.165, 1.54) is 22.4 Å². The number of nitrogens with zero attached hydrogens (tertiary/aromatic N) is 2. The van der Waals surface area contributed by atoms with E-state index in [0.29, 0.717) is 5.92 Å². The summed E-state index contributed by atoms with van der Waals surface area (Å²) < 4.78 is 5.33. The minimum Gasteiger partial charge on any atom is -0.369 e. The summed E-state index contributed by atoms with van der Waals surface area (Å²) in [5.41, 5.74) is 4.09. The average Bonchev–Trinajstić information content (AvgIpc) is 3.11. The number of nitrogens with one attached hydrogen (secondary N) is 1. The van der Waals surface area contributed by atoms with Crippen LogP contribution in [0.2, 0.25) is 0 Å². The van der Waals surface area contributed by atoms with Crippen molar-refractivity contribution in [3.8, 4) is 11.1 Å². The molecule has 134 valence electrons. The van der Waals surface area contributed by atoms with E-state index in [1.807, 2.05) is 24.9 Å². The summed E-state index contributed by atoms with van der Waals surface area (Å²) in [5.74, 6) is 0.462. The molecule has 5 nitrogen and oxygen atoms in total. The van der Waals surface area contributed by atoms with Crippen molar-refractivity contribution in [1.82, 2.24) is 15.1 Å². The van der Waals surface area contributed by atoms with Crippen LogP contribution in [0.3, 0.4) is 0 Å². The zero-order valence-corrected chi connectivity index (χ0v) is 15.5. The number of methoxy groups -OCH3 is 1. The SMILES string of the molecule is COC(C)(C)C(=O)N1CCC(c2[nH]ncc2-c2ccccc2C)CC1. The Kier molecular flexibility index (Phi) is 4.95. The van der Waals surface area contributed by atoms with E-state index in [1.54, 1.807) is 7.11 Å². The van der Waals surface area contributed by atoms with Crippen LogP contribution in [0.15, 0.2) is 30.5 Å². The highest BCUT2D eigenvalue weighted by atomic mass is 16.5. The summed E-state index contributed by atoms with van der Waals surface area (Å²) in [6.07, 6.45) is 3.79. The molecule has 3 rings (SSSR count). The summed E-state index contributed by atoms with van der Waals surface area (Å²) in [5, 5.41) is 7.50. The number of ether oxygens (including phenoxy) is 1. The van der Waals surface area contributed by atoms with E-state index in [9.17, 15) is 4.79 Å². The van der Waals surface area contributed by atoms with E-state index in [2.05, 4.69) is 41.4 Å². The monoisotopic (exact) mass is 341 g/mol. The number of carbonyl (C=O) groups is 1. The highest BCUT2D eigenvalue weighted by molar-refractivity contribution is 5.84. The van der Waals surface area contributed by atoms with Gasteiger partial charge in [0.1, 0.15) is 5.60 Å². The molecule has 0 spiro atoms. The average molecular weight is 341 g/mol. The molecule has 0 atom stereocenters. The molecule has 0 saturated carbocycles. The Bertz CT molecular complexity index is 743. The predicted molar refractivity (Wildman–Crippen MR) is 98.4 cm³/mol. The Morgan fingerprint density at radius 3 is 2.56 bits per heavy atom. The lowest BCUT2D eigenvalue weighted by Crippen LogP contribution is -2.49. The number of piperidine rings is 1. The smallest absolute Gasteiger partial charge is 0.254 e. The molecule has 25 heavy (non-hydrogen) atoms. The van der Waals surface area contributed by atoms with E-state index in [4.69, 9.17) is 4.74 Å². The van der Waals surface area contributed by atoms with Crippen molar-refractivity contribution < 1.29 is 9.53 Å². The maximum atomic E-state index is 12.6. The van der Waals surface area contributed by atoms with Gasteiger partial charge in [-0.2, -0.15) is 5.10 Å². The molecular weight excluding hydrogens is 314 g/mol. The highest BCUT2D eigenvalue weighted by Gasteiger charge is 2.34. The van der Waals surface area contributed by atoms with E-state index >= 15 is 0 Å². The van der Waals surface area contributed by atoms with Gasteiger partial charge in [0, 0.05) is 37.4 Å². The molecule has 1 aromatic heterocycles. The van der Waals surface area contributed by atoms with Crippen LogP contribution in [-0.2, 0) is 9.53 Å². The van der Waals surface area contributed by atoms with Crippen LogP contribution < -0.4 is 0 Å². The fourth-order valence-corrected chi connectivity index (χ4v) is 3.54. The zero-order chi connectivity index (χ0) is 18.0. The molecule has 1 N–H and O–H groups in total. The fourth-order valence-electron chi connectivity index (χ4n) is 3.54. The van der Waals surface area contributed by atoms with Gasteiger partial charge in [0.05, 0.1) is 6.20 Å². The topological polar surface area (TPSA) is 58.2 Å². The Morgan fingerprint density at radius 2 is 1.92 bits per heavy atom. The minimum absolute atomic E-state index is 0.0668. The van der Waals surface area contributed by atoms with Gasteiger partial charge in [-0.15, -0.1) is 0 Å². The second-order valence-corrected chi connectivity index (χ2v) is 7.29. The van der Waals surface area contributed by atoms with Crippen LogP contribution in [0.1, 0.15) is 43.9 Å². The lowest BCUT2D eigenvalue weighted by atomic mass is 9.88. The van der Waals surface area contributed by atoms with Crippen molar-refractivity contribution >= 4 is 5.91 Å². The first-order valence-corrected chi connectivity index (χ1v) is 8.88. The van der Waals surface area contributed by atoms with E-state index < -0.39 is 5.60 Å². The number of hydrogen-bond acceptors (Lipinski definition) is 3. The zero-order valence-electron chi connectivity index (χ0n) is 15.5. The first-order valence-electron chi connectivity index (χ1n) is 8.88. The Hall–Kier alpha value is -2.14. The lowest BCUT2D eigenvalue weighted by molar-refractivity contribution is -0.152. The van der Waals surface area contributed by atoms with Crippen molar-refractivity contribution in [3.63, 3.8) is 0 Å². The van der Waals surface area contributed by atoms with E-state index in [0.717, 1.165) is 25.9 Å². The summed E-state index contributed by atoms with van der Waals surface area (Å²) in [6.45, 7) is 7.28. The highest BCUT2D eigenvalue weighted by Crippen LogP contribution is 2.35. The Balaban J connectivity index is 1.74. The van der Waals surface area contributed by atoms with Gasteiger partial charge >= 0.3 is 0 Å². The Labute approximate surface area is 149 Å². The van der Waals surface area contributed by atoms with Crippen LogP contribution in [0.25, 0.3) is 11.1 Å². The summed E-state index contributed by atoms with van der Waals surface area (Å²) in [7, 11) is 1.59. The van der Waals surface area contributed by atoms with E-state index in [-0.39, 0.29) is 5.91 Å². The van der Waals surface area contributed by atoms with Crippen LogP contribution in [0.5, 0.6) is 0 Å². The first-order chi connectivity index (χ1) is 11.9. The molecule has 1 aliphatic rings. The van der Waals surface area contributed by atoms with Gasteiger partial charge in [0.15, 0.2) is 0 Å². The van der Waals surface area contributed by atoms with Crippen LogP contribution in [-0.4, -0.2) is 46.8 Å². The van der Waals surface area contributed by atoms with Crippen molar-refractivity contribution in [2.45, 2.75) is 45.1 Å². The maximum Gasteiger partial charge on any atom is 0.254 e. The molecule has 0 radical (unpaired) electrons. The molecule has 1 aliphatic heterocycles. The number of hydrogen-bond donors (Lipinski definition) is 1. The first kappa shape index (κ1) is 17.7. The summed E-state index contributed by atoms with van der Waals surface area (Å²) in [4.78, 5) is 14.5. The molecule has 0 unspecified atom stereocenters. The number of aromatic amines is 1. The fraction of sp³-hybridized carbons (Fsp3) is 0.500. The third-order valence-corrected chi connectivity index (χ3v) is 5.32. The minimum atomic E-state index is -0.757. The third-order valence-electron chi connectivity index (χ3n) is 5.32. The standard InChI is InChI=1S/C20H27N3O2/c1-14-7-5-6-8-16(14)17-13-21-22-18(17)15-9-11-23(12-10-15)19(24)20(2,3)25-4/h5-8,13,15H,9-12H2,1-4H3,(H,21,22). The lowest BCUT2D eigenvalue weighted by Gasteiger charge is -2.36. The molecule has 0 aliphatic carbocycles. The normalized spacial score (nSPS) is 16.2. The third kappa shape index (κ3) is 3.47. The number of aryl methyl sites for hydroxylation is 1. The molecule has 0 bridgehead atoms. The molecule has 1 aromatic carbocycles. The number of carbonyl (C=O) groups excluding carboxylic acids is 1. The Morgan fingerprint density at radius 1 is 1.24 bits per heavy atom. The van der Waals surface area contributed by atoms with Gasteiger partial charge in [0.25, 0.3) is 5.91 Å². The van der Waals surface area contributed by atoms with Crippen molar-refractivity contribution in [3.05, 3.63) is 41.7 Å². The van der Waals surface area contributed by atoms with Crippen LogP contribution >= 0.6 is 0 Å². The van der Waals surface area contributed by atoms with Crippen molar-refractivity contribution in [1.29, 1.82) is 0 Å². The largest absolute Gasteiger partial charge is 0.369 e. The quantitative estimate of drug-likeness (QED) is 0.926. The number of likely N-dealkylation sites (tertiary alicyclic amines) is 1. The van der Waals surface area contributed by atoms with Crippen LogP contribution in [0, 0.1) is 6.92 Å². The predicted octanol–water partition coefficient (Wildman–Crippen LogP) is 3.52. The van der Waals surface area contributed by atoms with Gasteiger partial charge < -0.3 is 9.64 Å². The molecule has 5 heteroatoms.